The Hall–Kier alpha value is -1.09. The lowest BCUT2D eigenvalue weighted by molar-refractivity contribution is 0.0209. The van der Waals surface area contributed by atoms with E-state index in [9.17, 15) is 4.39 Å². The fourth-order valence-corrected chi connectivity index (χ4v) is 2.13. The van der Waals surface area contributed by atoms with Gasteiger partial charge in [-0.15, -0.1) is 0 Å². The second-order valence-corrected chi connectivity index (χ2v) is 4.22. The molecule has 0 bridgehead atoms. The predicted molar refractivity (Wildman–Crippen MR) is 60.1 cm³/mol. The Morgan fingerprint density at radius 1 is 1.12 bits per heavy atom. The van der Waals surface area contributed by atoms with Crippen LogP contribution in [-0.2, 0) is 4.74 Å². The van der Waals surface area contributed by atoms with Crippen LogP contribution in [0.15, 0.2) is 24.3 Å². The van der Waals surface area contributed by atoms with E-state index in [1.807, 2.05) is 0 Å². The van der Waals surface area contributed by atoms with Crippen molar-refractivity contribution in [3.05, 3.63) is 30.1 Å². The molecule has 0 heterocycles. The van der Waals surface area contributed by atoms with Crippen molar-refractivity contribution < 1.29 is 13.9 Å². The van der Waals surface area contributed by atoms with E-state index in [0.717, 1.165) is 31.4 Å². The highest BCUT2D eigenvalue weighted by atomic mass is 19.1. The zero-order valence-corrected chi connectivity index (χ0v) is 9.49. The average molecular weight is 224 g/mol. The van der Waals surface area contributed by atoms with Gasteiger partial charge in [0.1, 0.15) is 17.7 Å². The lowest BCUT2D eigenvalue weighted by Crippen LogP contribution is -2.29. The minimum absolute atomic E-state index is 0.198. The first kappa shape index (κ1) is 11.4. The van der Waals surface area contributed by atoms with Gasteiger partial charge < -0.3 is 9.47 Å². The molecule has 0 amide bonds. The molecule has 3 heteroatoms. The smallest absolute Gasteiger partial charge is 0.123 e. The molecule has 16 heavy (non-hydrogen) atoms. The topological polar surface area (TPSA) is 18.5 Å². The van der Waals surface area contributed by atoms with Crippen molar-refractivity contribution in [2.24, 2.45) is 0 Å². The Bertz CT molecular complexity index is 323. The molecule has 1 saturated carbocycles. The Balaban J connectivity index is 1.91. The summed E-state index contributed by atoms with van der Waals surface area (Å²) in [5.74, 6) is 0.508. The van der Waals surface area contributed by atoms with Crippen molar-refractivity contribution in [3.8, 4) is 5.75 Å². The molecule has 0 saturated heterocycles. The fraction of sp³-hybridized carbons (Fsp3) is 0.538. The number of halogens is 1. The zero-order valence-electron chi connectivity index (χ0n) is 9.49. The Morgan fingerprint density at radius 2 is 1.81 bits per heavy atom. The van der Waals surface area contributed by atoms with E-state index in [-0.39, 0.29) is 11.9 Å². The van der Waals surface area contributed by atoms with Gasteiger partial charge in [-0.1, -0.05) is 0 Å². The number of hydrogen-bond donors (Lipinski definition) is 0. The van der Waals surface area contributed by atoms with Gasteiger partial charge in [-0.2, -0.15) is 0 Å². The van der Waals surface area contributed by atoms with Gasteiger partial charge in [-0.05, 0) is 43.5 Å². The highest BCUT2D eigenvalue weighted by molar-refractivity contribution is 5.22. The molecule has 0 aromatic heterocycles. The van der Waals surface area contributed by atoms with Gasteiger partial charge in [0.05, 0.1) is 6.10 Å². The molecule has 0 spiro atoms. The third-order valence-electron chi connectivity index (χ3n) is 3.03. The Kier molecular flexibility index (Phi) is 3.78. The van der Waals surface area contributed by atoms with Crippen LogP contribution in [0.3, 0.4) is 0 Å². The second kappa shape index (κ2) is 5.30. The molecule has 1 aliphatic carbocycles. The van der Waals surface area contributed by atoms with Gasteiger partial charge in [0, 0.05) is 13.5 Å². The van der Waals surface area contributed by atoms with Crippen molar-refractivity contribution in [1.29, 1.82) is 0 Å². The number of benzene rings is 1. The fourth-order valence-electron chi connectivity index (χ4n) is 2.13. The van der Waals surface area contributed by atoms with Crippen LogP contribution in [0.4, 0.5) is 4.39 Å². The van der Waals surface area contributed by atoms with Gasteiger partial charge in [-0.25, -0.2) is 4.39 Å². The van der Waals surface area contributed by atoms with Crippen molar-refractivity contribution >= 4 is 0 Å². The van der Waals surface area contributed by atoms with Gasteiger partial charge in [-0.3, -0.25) is 0 Å². The molecule has 2 nitrogen and oxygen atoms in total. The average Bonchev–Trinajstić information content (AvgIpc) is 2.32. The summed E-state index contributed by atoms with van der Waals surface area (Å²) in [6, 6.07) is 6.19. The van der Waals surface area contributed by atoms with E-state index in [1.54, 1.807) is 19.2 Å². The Morgan fingerprint density at radius 3 is 2.50 bits per heavy atom. The van der Waals surface area contributed by atoms with E-state index in [1.165, 1.54) is 12.1 Å². The first-order valence-electron chi connectivity index (χ1n) is 5.73. The summed E-state index contributed by atoms with van der Waals surface area (Å²) in [6.07, 6.45) is 4.72. The SMILES string of the molecule is COC1CCCC(Oc2ccc(F)cc2)C1. The first-order chi connectivity index (χ1) is 7.78. The Labute approximate surface area is 95.4 Å². The lowest BCUT2D eigenvalue weighted by Gasteiger charge is -2.28. The number of rotatable bonds is 3. The summed E-state index contributed by atoms with van der Waals surface area (Å²) in [6.45, 7) is 0. The van der Waals surface area contributed by atoms with Crippen molar-refractivity contribution in [1.82, 2.24) is 0 Å². The molecule has 2 rings (SSSR count). The summed E-state index contributed by atoms with van der Waals surface area (Å²) in [5, 5.41) is 0. The first-order valence-corrected chi connectivity index (χ1v) is 5.73. The summed E-state index contributed by atoms with van der Waals surface area (Å²) in [5.41, 5.74) is 0. The molecule has 0 N–H and O–H groups in total. The van der Waals surface area contributed by atoms with Crippen molar-refractivity contribution in [2.45, 2.75) is 37.9 Å². The van der Waals surface area contributed by atoms with Crippen LogP contribution in [0, 0.1) is 5.82 Å². The van der Waals surface area contributed by atoms with Gasteiger partial charge in [0.25, 0.3) is 0 Å². The summed E-state index contributed by atoms with van der Waals surface area (Å²) >= 11 is 0. The molecule has 1 aliphatic rings. The predicted octanol–water partition coefficient (Wildman–Crippen LogP) is 3.16. The molecule has 2 unspecified atom stereocenters. The van der Waals surface area contributed by atoms with E-state index in [2.05, 4.69) is 0 Å². The van der Waals surface area contributed by atoms with E-state index in [0.29, 0.717) is 6.10 Å². The molecule has 1 fully saturated rings. The summed E-state index contributed by atoms with van der Waals surface area (Å²) < 4.78 is 23.8. The van der Waals surface area contributed by atoms with Crippen LogP contribution in [0.5, 0.6) is 5.75 Å². The maximum Gasteiger partial charge on any atom is 0.123 e. The monoisotopic (exact) mass is 224 g/mol. The van der Waals surface area contributed by atoms with E-state index < -0.39 is 0 Å². The highest BCUT2D eigenvalue weighted by Crippen LogP contribution is 2.25. The summed E-state index contributed by atoms with van der Waals surface area (Å²) in [4.78, 5) is 0. The third-order valence-corrected chi connectivity index (χ3v) is 3.03. The van der Waals surface area contributed by atoms with Gasteiger partial charge >= 0.3 is 0 Å². The van der Waals surface area contributed by atoms with Crippen molar-refractivity contribution in [3.63, 3.8) is 0 Å². The van der Waals surface area contributed by atoms with Crippen LogP contribution < -0.4 is 4.74 Å². The van der Waals surface area contributed by atoms with E-state index >= 15 is 0 Å². The minimum Gasteiger partial charge on any atom is -0.490 e. The molecular formula is C13H17FO2. The molecular weight excluding hydrogens is 207 g/mol. The zero-order chi connectivity index (χ0) is 11.4. The van der Waals surface area contributed by atoms with Gasteiger partial charge in [0.15, 0.2) is 0 Å². The number of methoxy groups -OCH3 is 1. The second-order valence-electron chi connectivity index (χ2n) is 4.22. The normalized spacial score (nSPS) is 25.4. The minimum atomic E-state index is -0.231. The molecule has 1 aromatic carbocycles. The van der Waals surface area contributed by atoms with Crippen LogP contribution >= 0.6 is 0 Å². The molecule has 0 aliphatic heterocycles. The quantitative estimate of drug-likeness (QED) is 0.785. The van der Waals surface area contributed by atoms with Gasteiger partial charge in [0.2, 0.25) is 0 Å². The molecule has 2 atom stereocenters. The van der Waals surface area contributed by atoms with Crippen LogP contribution in [0.25, 0.3) is 0 Å². The molecule has 1 aromatic rings. The van der Waals surface area contributed by atoms with E-state index in [4.69, 9.17) is 9.47 Å². The largest absolute Gasteiger partial charge is 0.490 e. The number of ether oxygens (including phenoxy) is 2. The van der Waals surface area contributed by atoms with Crippen LogP contribution in [0.1, 0.15) is 25.7 Å². The molecule has 88 valence electrons. The molecule has 0 radical (unpaired) electrons. The van der Waals surface area contributed by atoms with Crippen LogP contribution in [0.2, 0.25) is 0 Å². The maximum absolute atomic E-state index is 12.7. The number of hydrogen-bond acceptors (Lipinski definition) is 2. The summed E-state index contributed by atoms with van der Waals surface area (Å²) in [7, 11) is 1.74. The standard InChI is InChI=1S/C13H17FO2/c1-15-12-3-2-4-13(9-12)16-11-7-5-10(14)6-8-11/h5-8,12-13H,2-4,9H2,1H3. The lowest BCUT2D eigenvalue weighted by atomic mass is 9.95. The highest BCUT2D eigenvalue weighted by Gasteiger charge is 2.22. The van der Waals surface area contributed by atoms with Crippen LogP contribution in [-0.4, -0.2) is 19.3 Å². The third kappa shape index (κ3) is 2.95. The van der Waals surface area contributed by atoms with Crippen molar-refractivity contribution in [2.75, 3.05) is 7.11 Å². The maximum atomic E-state index is 12.7.